The van der Waals surface area contributed by atoms with E-state index in [9.17, 15) is 4.79 Å². The van der Waals surface area contributed by atoms with Crippen LogP contribution in [0.15, 0.2) is 33.8 Å². The van der Waals surface area contributed by atoms with Gasteiger partial charge in [-0.1, -0.05) is 0 Å². The summed E-state index contributed by atoms with van der Waals surface area (Å²) in [6, 6.07) is 3.29. The van der Waals surface area contributed by atoms with E-state index in [0.717, 1.165) is 13.1 Å². The van der Waals surface area contributed by atoms with E-state index in [1.165, 1.54) is 12.4 Å². The number of aromatic amines is 1. The highest BCUT2D eigenvalue weighted by atomic mass is 16.6. The lowest BCUT2D eigenvalue weighted by Gasteiger charge is -2.25. The van der Waals surface area contributed by atoms with Crippen molar-refractivity contribution in [3.63, 3.8) is 0 Å². The molecule has 0 aromatic carbocycles. The Morgan fingerprint density at radius 1 is 1.30 bits per heavy atom. The Bertz CT molecular complexity index is 884. The molecule has 0 bridgehead atoms. The predicted octanol–water partition coefficient (Wildman–Crippen LogP) is 0.935. The number of nitrogens with one attached hydrogen (secondary N) is 1. The summed E-state index contributed by atoms with van der Waals surface area (Å²) in [4.78, 5) is 24.7. The molecule has 9 heteroatoms. The van der Waals surface area contributed by atoms with Gasteiger partial charge >= 0.3 is 6.01 Å². The summed E-state index contributed by atoms with van der Waals surface area (Å²) in [7, 11) is 0. The van der Waals surface area contributed by atoms with Crippen molar-refractivity contribution in [2.24, 2.45) is 0 Å². The van der Waals surface area contributed by atoms with Crippen LogP contribution in [-0.2, 0) is 4.74 Å². The molecule has 1 aliphatic rings. The highest BCUT2D eigenvalue weighted by Gasteiger charge is 2.17. The molecule has 0 radical (unpaired) electrons. The molecule has 1 saturated heterocycles. The van der Waals surface area contributed by atoms with Crippen molar-refractivity contribution in [1.82, 2.24) is 20.1 Å². The van der Waals surface area contributed by atoms with Crippen molar-refractivity contribution < 1.29 is 14.0 Å². The minimum atomic E-state index is -0.302. The van der Waals surface area contributed by atoms with Crippen LogP contribution in [-0.4, -0.2) is 46.4 Å². The molecule has 9 nitrogen and oxygen atoms in total. The second-order valence-corrected chi connectivity index (χ2v) is 4.97. The van der Waals surface area contributed by atoms with Crippen LogP contribution in [0.2, 0.25) is 0 Å². The Kier molecular flexibility index (Phi) is 3.39. The van der Waals surface area contributed by atoms with E-state index >= 15 is 0 Å². The molecule has 4 heterocycles. The van der Waals surface area contributed by atoms with E-state index in [2.05, 4.69) is 20.1 Å². The topological polar surface area (TPSA) is 106 Å². The van der Waals surface area contributed by atoms with Crippen molar-refractivity contribution in [2.75, 3.05) is 31.2 Å². The summed E-state index contributed by atoms with van der Waals surface area (Å²) in [6.07, 6.45) is 3.03. The van der Waals surface area contributed by atoms with Gasteiger partial charge in [0.2, 0.25) is 5.88 Å². The number of H-pyrrole nitrogens is 1. The first-order valence-electron chi connectivity index (χ1n) is 7.11. The largest absolute Gasteiger partial charge is 0.403 e. The molecule has 0 unspecified atom stereocenters. The summed E-state index contributed by atoms with van der Waals surface area (Å²) < 4.78 is 16.0. The van der Waals surface area contributed by atoms with Crippen molar-refractivity contribution in [3.8, 4) is 11.9 Å². The third kappa shape index (κ3) is 2.73. The third-order valence-corrected chi connectivity index (χ3v) is 3.49. The highest BCUT2D eigenvalue weighted by molar-refractivity contribution is 5.76. The Hall–Kier alpha value is -2.94. The zero-order chi connectivity index (χ0) is 15.6. The van der Waals surface area contributed by atoms with Crippen LogP contribution in [0.25, 0.3) is 10.9 Å². The Morgan fingerprint density at radius 2 is 2.17 bits per heavy atom. The first-order valence-corrected chi connectivity index (χ1v) is 7.11. The van der Waals surface area contributed by atoms with Crippen LogP contribution in [0.5, 0.6) is 11.9 Å². The number of ether oxygens (including phenoxy) is 2. The Labute approximate surface area is 129 Å². The minimum Gasteiger partial charge on any atom is -0.403 e. The maximum Gasteiger partial charge on any atom is 0.304 e. The monoisotopic (exact) mass is 315 g/mol. The number of hydrogen-bond acceptors (Lipinski definition) is 8. The first-order chi connectivity index (χ1) is 11.3. The van der Waals surface area contributed by atoms with Gasteiger partial charge in [-0.25, -0.2) is 0 Å². The molecule has 1 N–H and O–H groups in total. The van der Waals surface area contributed by atoms with Crippen LogP contribution in [0.1, 0.15) is 0 Å². The lowest BCUT2D eigenvalue weighted by Crippen LogP contribution is -2.35. The quantitative estimate of drug-likeness (QED) is 0.761. The Balaban J connectivity index is 1.58. The lowest BCUT2D eigenvalue weighted by molar-refractivity contribution is 0.120. The fourth-order valence-corrected chi connectivity index (χ4v) is 2.35. The number of aromatic nitrogens is 4. The number of hydrogen-bond donors (Lipinski definition) is 1. The van der Waals surface area contributed by atoms with Crippen LogP contribution >= 0.6 is 0 Å². The molecule has 0 atom stereocenters. The minimum absolute atomic E-state index is 0.0392. The van der Waals surface area contributed by atoms with Gasteiger partial charge in [0.25, 0.3) is 11.4 Å². The van der Waals surface area contributed by atoms with Gasteiger partial charge < -0.3 is 18.9 Å². The van der Waals surface area contributed by atoms with Crippen LogP contribution in [0.4, 0.5) is 5.88 Å². The molecule has 0 aliphatic carbocycles. The second kappa shape index (κ2) is 5.69. The zero-order valence-corrected chi connectivity index (χ0v) is 12.1. The number of anilines is 1. The second-order valence-electron chi connectivity index (χ2n) is 4.97. The molecule has 1 fully saturated rings. The molecule has 4 rings (SSSR count). The number of morpholine rings is 1. The van der Waals surface area contributed by atoms with Gasteiger partial charge in [-0.3, -0.25) is 14.8 Å². The van der Waals surface area contributed by atoms with Crippen molar-refractivity contribution in [3.05, 3.63) is 34.9 Å². The molecule has 1 aliphatic heterocycles. The molecular weight excluding hydrogens is 302 g/mol. The van der Waals surface area contributed by atoms with Gasteiger partial charge in [-0.05, 0) is 11.2 Å². The van der Waals surface area contributed by atoms with Gasteiger partial charge in [-0.15, -0.1) is 0 Å². The number of pyridine rings is 1. The van der Waals surface area contributed by atoms with Crippen molar-refractivity contribution in [1.29, 1.82) is 0 Å². The van der Waals surface area contributed by atoms with Gasteiger partial charge in [0.1, 0.15) is 0 Å². The lowest BCUT2D eigenvalue weighted by atomic mass is 10.3. The number of nitrogens with zero attached hydrogens (tertiary/aromatic N) is 4. The Morgan fingerprint density at radius 3 is 3.04 bits per heavy atom. The molecule has 0 spiro atoms. The van der Waals surface area contributed by atoms with Crippen LogP contribution in [0, 0.1) is 0 Å². The van der Waals surface area contributed by atoms with E-state index < -0.39 is 0 Å². The smallest absolute Gasteiger partial charge is 0.304 e. The average Bonchev–Trinajstić information content (AvgIpc) is 3.04. The van der Waals surface area contributed by atoms with Gasteiger partial charge in [0.15, 0.2) is 0 Å². The summed E-state index contributed by atoms with van der Waals surface area (Å²) in [5.74, 6) is 0.811. The van der Waals surface area contributed by atoms with E-state index in [0.29, 0.717) is 30.0 Å². The normalized spacial score (nSPS) is 15.0. The van der Waals surface area contributed by atoms with Gasteiger partial charge in [0, 0.05) is 19.3 Å². The predicted molar refractivity (Wildman–Crippen MR) is 79.8 cm³/mol. The number of fused-ring (bicyclic) bond motifs is 1. The SMILES string of the molecule is O=c1[nH]c(Oc2cc(N3CCOCC3)on2)nc2cnccc12. The van der Waals surface area contributed by atoms with Crippen LogP contribution < -0.4 is 15.2 Å². The molecule has 3 aromatic heterocycles. The number of rotatable bonds is 3. The zero-order valence-electron chi connectivity index (χ0n) is 12.1. The fraction of sp³-hybridized carbons (Fsp3) is 0.286. The van der Waals surface area contributed by atoms with Crippen LogP contribution in [0.3, 0.4) is 0 Å². The maximum absolute atomic E-state index is 12.0. The van der Waals surface area contributed by atoms with Gasteiger partial charge in [0.05, 0.1) is 36.4 Å². The molecule has 0 amide bonds. The molecular formula is C14H13N5O4. The standard InChI is InChI=1S/C14H13N5O4/c20-13-9-1-2-15-8-10(9)16-14(17-13)22-11-7-12(23-18-11)19-3-5-21-6-4-19/h1-2,7-8H,3-6H2,(H,16,17,20). The maximum atomic E-state index is 12.0. The van der Waals surface area contributed by atoms with E-state index in [1.807, 2.05) is 4.90 Å². The third-order valence-electron chi connectivity index (χ3n) is 3.49. The molecule has 23 heavy (non-hydrogen) atoms. The summed E-state index contributed by atoms with van der Waals surface area (Å²) >= 11 is 0. The van der Waals surface area contributed by atoms with Crippen molar-refractivity contribution in [2.45, 2.75) is 0 Å². The summed E-state index contributed by atoms with van der Waals surface area (Å²) in [5, 5.41) is 4.28. The summed E-state index contributed by atoms with van der Waals surface area (Å²) in [5.41, 5.74) is 0.146. The molecule has 3 aromatic rings. The van der Waals surface area contributed by atoms with Crippen molar-refractivity contribution >= 4 is 16.8 Å². The summed E-state index contributed by atoms with van der Waals surface area (Å²) in [6.45, 7) is 2.74. The first kappa shape index (κ1) is 13.7. The fourth-order valence-electron chi connectivity index (χ4n) is 2.35. The molecule has 0 saturated carbocycles. The van der Waals surface area contributed by atoms with E-state index in [1.54, 1.807) is 12.1 Å². The van der Waals surface area contributed by atoms with Gasteiger partial charge in [-0.2, -0.15) is 4.98 Å². The average molecular weight is 315 g/mol. The molecule has 118 valence electrons. The highest BCUT2D eigenvalue weighted by Crippen LogP contribution is 2.24. The van der Waals surface area contributed by atoms with E-state index in [-0.39, 0.29) is 17.4 Å². The van der Waals surface area contributed by atoms with E-state index in [4.69, 9.17) is 14.0 Å².